The number of para-hydroxylation sites is 1. The summed E-state index contributed by atoms with van der Waals surface area (Å²) < 4.78 is 0. The van der Waals surface area contributed by atoms with Gasteiger partial charge in [0.1, 0.15) is 0 Å². The van der Waals surface area contributed by atoms with Gasteiger partial charge in [-0.1, -0.05) is 109 Å². The second-order valence-corrected chi connectivity index (χ2v) is 11.1. The topological polar surface area (TPSA) is 45.2 Å². The Bertz CT molecular complexity index is 1550. The standard InChI is InChI=1S/C37H37N3O/c41-37(35(30-16-8-3-9-17-30)25-29-14-6-2-7-15-29)40-23-21-32(26-33(40)24-28-12-4-1-5-13-28)39-27-31-20-22-38-36-19-11-10-18-34(31)36/h1-20,22,32-33,35,39H,21,23-27H2/t32-,33+,35?/m0/s1. The number of nitrogens with one attached hydrogen (secondary N) is 1. The minimum atomic E-state index is -0.204. The highest BCUT2D eigenvalue weighted by Gasteiger charge is 2.35. The number of hydrogen-bond acceptors (Lipinski definition) is 3. The van der Waals surface area contributed by atoms with Crippen molar-refractivity contribution < 1.29 is 4.79 Å². The minimum absolute atomic E-state index is 0.132. The van der Waals surface area contributed by atoms with Crippen molar-refractivity contribution in [3.63, 3.8) is 0 Å². The molecule has 0 saturated carbocycles. The number of aromatic nitrogens is 1. The second-order valence-electron chi connectivity index (χ2n) is 11.1. The van der Waals surface area contributed by atoms with Gasteiger partial charge in [-0.2, -0.15) is 0 Å². The van der Waals surface area contributed by atoms with Gasteiger partial charge in [0.05, 0.1) is 11.4 Å². The van der Waals surface area contributed by atoms with Crippen molar-refractivity contribution in [3.8, 4) is 0 Å². The summed E-state index contributed by atoms with van der Waals surface area (Å²) in [7, 11) is 0. The van der Waals surface area contributed by atoms with Crippen LogP contribution in [-0.4, -0.2) is 34.4 Å². The first-order valence-corrected chi connectivity index (χ1v) is 14.7. The van der Waals surface area contributed by atoms with Gasteiger partial charge < -0.3 is 10.2 Å². The van der Waals surface area contributed by atoms with Crippen LogP contribution in [0, 0.1) is 0 Å². The number of fused-ring (bicyclic) bond motifs is 1. The van der Waals surface area contributed by atoms with E-state index in [9.17, 15) is 4.79 Å². The number of likely N-dealkylation sites (tertiary alicyclic amines) is 1. The molecule has 0 aliphatic carbocycles. The Kier molecular flexibility index (Phi) is 8.49. The lowest BCUT2D eigenvalue weighted by molar-refractivity contribution is -0.136. The normalized spacial score (nSPS) is 17.8. The number of pyridine rings is 1. The summed E-state index contributed by atoms with van der Waals surface area (Å²) in [6.45, 7) is 1.55. The highest BCUT2D eigenvalue weighted by Crippen LogP contribution is 2.29. The maximum atomic E-state index is 14.4. The average molecular weight is 540 g/mol. The predicted molar refractivity (Wildman–Crippen MR) is 167 cm³/mol. The number of piperidine rings is 1. The molecule has 1 saturated heterocycles. The number of rotatable bonds is 9. The summed E-state index contributed by atoms with van der Waals surface area (Å²) >= 11 is 0. The molecule has 1 aliphatic heterocycles. The maximum absolute atomic E-state index is 14.4. The molecular weight excluding hydrogens is 502 g/mol. The molecule has 0 spiro atoms. The van der Waals surface area contributed by atoms with Crippen LogP contribution in [-0.2, 0) is 24.2 Å². The summed E-state index contributed by atoms with van der Waals surface area (Å²) in [5.41, 5.74) is 5.84. The van der Waals surface area contributed by atoms with Crippen molar-refractivity contribution in [1.82, 2.24) is 15.2 Å². The Morgan fingerprint density at radius 3 is 2.22 bits per heavy atom. The lowest BCUT2D eigenvalue weighted by atomic mass is 9.87. The molecule has 1 amide bonds. The lowest BCUT2D eigenvalue weighted by Gasteiger charge is -2.42. The molecule has 3 atom stereocenters. The third-order valence-corrected chi connectivity index (χ3v) is 8.42. The molecule has 5 aromatic rings. The zero-order valence-electron chi connectivity index (χ0n) is 23.4. The van der Waals surface area contributed by atoms with Gasteiger partial charge >= 0.3 is 0 Å². The number of benzene rings is 4. The van der Waals surface area contributed by atoms with Crippen molar-refractivity contribution in [2.24, 2.45) is 0 Å². The molecule has 4 nitrogen and oxygen atoms in total. The van der Waals surface area contributed by atoms with E-state index >= 15 is 0 Å². The van der Waals surface area contributed by atoms with E-state index < -0.39 is 0 Å². The summed E-state index contributed by atoms with van der Waals surface area (Å²) in [4.78, 5) is 21.1. The van der Waals surface area contributed by atoms with Crippen LogP contribution in [0.4, 0.5) is 0 Å². The molecule has 41 heavy (non-hydrogen) atoms. The highest BCUT2D eigenvalue weighted by molar-refractivity contribution is 5.84. The van der Waals surface area contributed by atoms with Gasteiger partial charge in [0.15, 0.2) is 0 Å². The van der Waals surface area contributed by atoms with Crippen LogP contribution in [0.15, 0.2) is 128 Å². The van der Waals surface area contributed by atoms with Gasteiger partial charge in [0.25, 0.3) is 0 Å². The Balaban J connectivity index is 1.23. The predicted octanol–water partition coefficient (Wildman–Crippen LogP) is 6.95. The average Bonchev–Trinajstić information content (AvgIpc) is 3.04. The van der Waals surface area contributed by atoms with Gasteiger partial charge in [-0.3, -0.25) is 9.78 Å². The van der Waals surface area contributed by atoms with Crippen molar-refractivity contribution >= 4 is 16.8 Å². The molecule has 1 unspecified atom stereocenters. The SMILES string of the molecule is O=C(C(Cc1ccccc1)c1ccccc1)N1CC[C@H](NCc2ccnc3ccccc23)C[C@H]1Cc1ccccc1. The summed E-state index contributed by atoms with van der Waals surface area (Å²) in [5, 5.41) is 5.04. The monoisotopic (exact) mass is 539 g/mol. The fourth-order valence-electron chi connectivity index (χ4n) is 6.25. The second kappa shape index (κ2) is 12.9. The lowest BCUT2D eigenvalue weighted by Crippen LogP contribution is -2.53. The number of carbonyl (C=O) groups excluding carboxylic acids is 1. The number of hydrogen-bond donors (Lipinski definition) is 1. The molecule has 206 valence electrons. The first kappa shape index (κ1) is 26.9. The molecule has 4 aromatic carbocycles. The van der Waals surface area contributed by atoms with E-state index in [2.05, 4.69) is 106 Å². The first-order valence-electron chi connectivity index (χ1n) is 14.7. The van der Waals surface area contributed by atoms with E-state index in [1.807, 2.05) is 36.5 Å². The third-order valence-electron chi connectivity index (χ3n) is 8.42. The van der Waals surface area contributed by atoms with E-state index in [-0.39, 0.29) is 17.9 Å². The van der Waals surface area contributed by atoms with Crippen LogP contribution in [0.2, 0.25) is 0 Å². The van der Waals surface area contributed by atoms with Crippen LogP contribution in [0.5, 0.6) is 0 Å². The van der Waals surface area contributed by atoms with E-state index in [1.54, 1.807) is 0 Å². The van der Waals surface area contributed by atoms with Crippen molar-refractivity contribution in [2.45, 2.75) is 50.2 Å². The van der Waals surface area contributed by atoms with Crippen molar-refractivity contribution in [2.75, 3.05) is 6.54 Å². The van der Waals surface area contributed by atoms with Gasteiger partial charge in [-0.15, -0.1) is 0 Å². The minimum Gasteiger partial charge on any atom is -0.339 e. The highest BCUT2D eigenvalue weighted by atomic mass is 16.2. The van der Waals surface area contributed by atoms with E-state index in [0.29, 0.717) is 12.5 Å². The Morgan fingerprint density at radius 1 is 0.805 bits per heavy atom. The summed E-state index contributed by atoms with van der Waals surface area (Å²) in [6, 6.07) is 42.2. The number of amides is 1. The molecule has 0 bridgehead atoms. The van der Waals surface area contributed by atoms with Gasteiger partial charge in [-0.05, 0) is 60.1 Å². The molecule has 1 fully saturated rings. The van der Waals surface area contributed by atoms with E-state index in [0.717, 1.165) is 43.4 Å². The number of nitrogens with zero attached hydrogens (tertiary/aromatic N) is 2. The zero-order valence-corrected chi connectivity index (χ0v) is 23.4. The number of carbonyl (C=O) groups is 1. The molecule has 2 heterocycles. The molecular formula is C37H37N3O. The molecule has 1 aromatic heterocycles. The van der Waals surface area contributed by atoms with Gasteiger partial charge in [-0.25, -0.2) is 0 Å². The fraction of sp³-hybridized carbons (Fsp3) is 0.243. The summed E-state index contributed by atoms with van der Waals surface area (Å²) in [6.07, 6.45) is 5.32. The maximum Gasteiger partial charge on any atom is 0.230 e. The third kappa shape index (κ3) is 6.55. The molecule has 6 rings (SSSR count). The van der Waals surface area contributed by atoms with E-state index in [4.69, 9.17) is 0 Å². The largest absolute Gasteiger partial charge is 0.339 e. The van der Waals surface area contributed by atoms with Gasteiger partial charge in [0.2, 0.25) is 5.91 Å². The Morgan fingerprint density at radius 2 is 1.46 bits per heavy atom. The van der Waals surface area contributed by atoms with Gasteiger partial charge in [0, 0.05) is 36.8 Å². The van der Waals surface area contributed by atoms with Crippen LogP contribution in [0.1, 0.15) is 41.0 Å². The molecule has 1 N–H and O–H groups in total. The van der Waals surface area contributed by atoms with Crippen LogP contribution < -0.4 is 5.32 Å². The summed E-state index contributed by atoms with van der Waals surface area (Å²) in [5.74, 6) is 0.0316. The first-order chi connectivity index (χ1) is 20.2. The molecule has 1 aliphatic rings. The van der Waals surface area contributed by atoms with Crippen molar-refractivity contribution in [3.05, 3.63) is 150 Å². The quantitative estimate of drug-likeness (QED) is 0.220. The zero-order chi connectivity index (χ0) is 27.9. The molecule has 4 heteroatoms. The van der Waals surface area contributed by atoms with Crippen LogP contribution in [0.3, 0.4) is 0 Å². The van der Waals surface area contributed by atoms with Crippen LogP contribution in [0.25, 0.3) is 10.9 Å². The molecule has 0 radical (unpaired) electrons. The van der Waals surface area contributed by atoms with Crippen LogP contribution >= 0.6 is 0 Å². The fourth-order valence-corrected chi connectivity index (χ4v) is 6.25. The Hall–Kier alpha value is -4.28. The Labute approximate surface area is 243 Å². The smallest absolute Gasteiger partial charge is 0.230 e. The van der Waals surface area contributed by atoms with E-state index in [1.165, 1.54) is 22.1 Å². The van der Waals surface area contributed by atoms with Crippen molar-refractivity contribution in [1.29, 1.82) is 0 Å².